The zero-order valence-corrected chi connectivity index (χ0v) is 9.25. The normalized spacial score (nSPS) is 10.9. The third-order valence-electron chi connectivity index (χ3n) is 2.17. The van der Waals surface area contributed by atoms with Crippen LogP contribution in [0.4, 0.5) is 17.6 Å². The van der Waals surface area contributed by atoms with Gasteiger partial charge in [-0.2, -0.15) is 18.4 Å². The number of alkyl halides is 3. The predicted molar refractivity (Wildman–Crippen MR) is 54.0 cm³/mol. The molecule has 0 bridgehead atoms. The van der Waals surface area contributed by atoms with E-state index >= 15 is 0 Å². The Morgan fingerprint density at radius 3 is 2.56 bits per heavy atom. The largest absolute Gasteiger partial charge is 0.419 e. The molecule has 7 heteroatoms. The number of carbonyl (C=O) groups is 1. The zero-order chi connectivity index (χ0) is 13.9. The molecule has 1 rings (SSSR count). The highest BCUT2D eigenvalue weighted by Crippen LogP contribution is 2.32. The molecular weight excluding hydrogens is 252 g/mol. The van der Waals surface area contributed by atoms with Crippen LogP contribution in [0.5, 0.6) is 0 Å². The minimum absolute atomic E-state index is 0.266. The topological polar surface area (TPSA) is 44.1 Å². The molecule has 0 radical (unpaired) electrons. The third-order valence-corrected chi connectivity index (χ3v) is 2.17. The highest BCUT2D eigenvalue weighted by Gasteiger charge is 2.34. The highest BCUT2D eigenvalue weighted by molar-refractivity contribution is 5.94. The van der Waals surface area contributed by atoms with Crippen LogP contribution in [0, 0.1) is 17.1 Å². The monoisotopic (exact) mass is 260 g/mol. The Labute approximate surface area is 100 Å². The molecule has 1 amide bonds. The quantitative estimate of drug-likeness (QED) is 0.605. The van der Waals surface area contributed by atoms with Crippen molar-refractivity contribution >= 4 is 5.91 Å². The molecule has 1 aromatic carbocycles. The maximum Gasteiger partial charge on any atom is 0.419 e. The van der Waals surface area contributed by atoms with Crippen LogP contribution >= 0.6 is 0 Å². The second kappa shape index (κ2) is 5.04. The number of carbonyl (C=O) groups excluding carboxylic acids is 1. The summed E-state index contributed by atoms with van der Waals surface area (Å²) in [6.07, 6.45) is -4.87. The lowest BCUT2D eigenvalue weighted by atomic mass is 10.1. The molecule has 0 aliphatic carbocycles. The SMILES string of the molecule is CN(CC#N)C(=O)c1ccc(F)c(C(F)(F)F)c1. The first-order valence-corrected chi connectivity index (χ1v) is 4.76. The van der Waals surface area contributed by atoms with Gasteiger partial charge < -0.3 is 4.90 Å². The van der Waals surface area contributed by atoms with Gasteiger partial charge in [0.25, 0.3) is 5.91 Å². The number of hydrogen-bond acceptors (Lipinski definition) is 2. The Morgan fingerprint density at radius 2 is 2.06 bits per heavy atom. The molecule has 0 spiro atoms. The van der Waals surface area contributed by atoms with Crippen molar-refractivity contribution in [3.8, 4) is 6.07 Å². The van der Waals surface area contributed by atoms with Crippen molar-refractivity contribution in [2.75, 3.05) is 13.6 Å². The fourth-order valence-corrected chi connectivity index (χ4v) is 1.27. The lowest BCUT2D eigenvalue weighted by Crippen LogP contribution is -2.27. The third kappa shape index (κ3) is 2.97. The molecule has 0 atom stereocenters. The highest BCUT2D eigenvalue weighted by atomic mass is 19.4. The molecule has 18 heavy (non-hydrogen) atoms. The first-order chi connectivity index (χ1) is 8.27. The Hall–Kier alpha value is -2.10. The second-order valence-corrected chi connectivity index (χ2v) is 3.51. The summed E-state index contributed by atoms with van der Waals surface area (Å²) in [5.74, 6) is -2.22. The van der Waals surface area contributed by atoms with E-state index in [-0.39, 0.29) is 12.1 Å². The number of amides is 1. The van der Waals surface area contributed by atoms with Crippen LogP contribution in [-0.4, -0.2) is 24.4 Å². The van der Waals surface area contributed by atoms with Crippen molar-refractivity contribution in [1.29, 1.82) is 5.26 Å². The summed E-state index contributed by atoms with van der Waals surface area (Å²) < 4.78 is 50.3. The van der Waals surface area contributed by atoms with E-state index in [1.165, 1.54) is 7.05 Å². The first kappa shape index (κ1) is 14.0. The Bertz CT molecular complexity index is 505. The maximum absolute atomic E-state index is 13.0. The van der Waals surface area contributed by atoms with Crippen LogP contribution in [-0.2, 0) is 6.18 Å². The van der Waals surface area contributed by atoms with Crippen molar-refractivity contribution < 1.29 is 22.4 Å². The van der Waals surface area contributed by atoms with Gasteiger partial charge in [0.15, 0.2) is 0 Å². The van der Waals surface area contributed by atoms with Gasteiger partial charge in [-0.1, -0.05) is 0 Å². The molecule has 0 aliphatic rings. The zero-order valence-electron chi connectivity index (χ0n) is 9.25. The number of nitriles is 1. The molecule has 0 saturated heterocycles. The van der Waals surface area contributed by atoms with Crippen molar-refractivity contribution in [2.24, 2.45) is 0 Å². The molecule has 1 aromatic rings. The molecule has 0 unspecified atom stereocenters. The smallest absolute Gasteiger partial charge is 0.328 e. The average Bonchev–Trinajstić information content (AvgIpc) is 2.27. The Morgan fingerprint density at radius 1 is 1.44 bits per heavy atom. The van der Waals surface area contributed by atoms with Crippen molar-refractivity contribution in [2.45, 2.75) is 6.18 Å². The van der Waals surface area contributed by atoms with E-state index in [1.54, 1.807) is 6.07 Å². The van der Waals surface area contributed by atoms with Crippen LogP contribution in [0.3, 0.4) is 0 Å². The predicted octanol–water partition coefficient (Wildman–Crippen LogP) is 2.44. The van der Waals surface area contributed by atoms with Gasteiger partial charge in [0.05, 0.1) is 11.6 Å². The summed E-state index contributed by atoms with van der Waals surface area (Å²) in [6, 6.07) is 3.64. The van der Waals surface area contributed by atoms with Gasteiger partial charge in [0.2, 0.25) is 0 Å². The molecule has 0 N–H and O–H groups in total. The molecule has 0 aliphatic heterocycles. The van der Waals surface area contributed by atoms with Crippen LogP contribution in [0.15, 0.2) is 18.2 Å². The van der Waals surface area contributed by atoms with Gasteiger partial charge >= 0.3 is 6.18 Å². The number of rotatable bonds is 2. The van der Waals surface area contributed by atoms with Gasteiger partial charge in [-0.25, -0.2) is 4.39 Å². The molecule has 0 heterocycles. The van der Waals surface area contributed by atoms with Crippen LogP contribution in [0.2, 0.25) is 0 Å². The van der Waals surface area contributed by atoms with Crippen LogP contribution in [0.25, 0.3) is 0 Å². The number of benzene rings is 1. The Balaban J connectivity index is 3.14. The van der Waals surface area contributed by atoms with Crippen LogP contribution < -0.4 is 0 Å². The lowest BCUT2D eigenvalue weighted by Gasteiger charge is -2.14. The number of hydrogen-bond donors (Lipinski definition) is 0. The van der Waals surface area contributed by atoms with Crippen molar-refractivity contribution in [1.82, 2.24) is 4.90 Å². The van der Waals surface area contributed by atoms with Gasteiger partial charge in [-0.15, -0.1) is 0 Å². The standard InChI is InChI=1S/C11H8F4N2O/c1-17(5-4-16)10(18)7-2-3-9(12)8(6-7)11(13,14)15/h2-3,6H,5H2,1H3. The van der Waals surface area contributed by atoms with Crippen molar-refractivity contribution in [3.63, 3.8) is 0 Å². The van der Waals surface area contributed by atoms with Gasteiger partial charge in [0, 0.05) is 12.6 Å². The summed E-state index contributed by atoms with van der Waals surface area (Å²) in [5.41, 5.74) is -1.82. The van der Waals surface area contributed by atoms with E-state index in [4.69, 9.17) is 5.26 Å². The van der Waals surface area contributed by atoms with Gasteiger partial charge in [-0.05, 0) is 18.2 Å². The molecule has 96 valence electrons. The molecule has 0 fully saturated rings. The maximum atomic E-state index is 13.0. The van der Waals surface area contributed by atoms with Gasteiger partial charge in [-0.3, -0.25) is 4.79 Å². The minimum Gasteiger partial charge on any atom is -0.328 e. The number of nitrogens with zero attached hydrogens (tertiary/aromatic N) is 2. The fourth-order valence-electron chi connectivity index (χ4n) is 1.27. The van der Waals surface area contributed by atoms with E-state index in [9.17, 15) is 22.4 Å². The van der Waals surface area contributed by atoms with Gasteiger partial charge in [0.1, 0.15) is 12.4 Å². The summed E-state index contributed by atoms with van der Waals surface area (Å²) in [7, 11) is 1.27. The first-order valence-electron chi connectivity index (χ1n) is 4.76. The summed E-state index contributed by atoms with van der Waals surface area (Å²) >= 11 is 0. The molecule has 0 aromatic heterocycles. The summed E-state index contributed by atoms with van der Waals surface area (Å²) in [5, 5.41) is 8.38. The van der Waals surface area contributed by atoms with E-state index < -0.39 is 23.5 Å². The van der Waals surface area contributed by atoms with E-state index in [2.05, 4.69) is 0 Å². The summed E-state index contributed by atoms with van der Waals surface area (Å²) in [4.78, 5) is 12.5. The van der Waals surface area contributed by atoms with E-state index in [0.29, 0.717) is 12.1 Å². The second-order valence-electron chi connectivity index (χ2n) is 3.51. The molecular formula is C11H8F4N2O. The Kier molecular flexibility index (Phi) is 3.91. The van der Waals surface area contributed by atoms with Crippen LogP contribution in [0.1, 0.15) is 15.9 Å². The fraction of sp³-hybridized carbons (Fsp3) is 0.273. The lowest BCUT2D eigenvalue weighted by molar-refractivity contribution is -0.140. The minimum atomic E-state index is -4.87. The summed E-state index contributed by atoms with van der Waals surface area (Å²) in [6.45, 7) is -0.266. The molecule has 3 nitrogen and oxygen atoms in total. The number of halogens is 4. The van der Waals surface area contributed by atoms with E-state index in [0.717, 1.165) is 11.0 Å². The molecule has 0 saturated carbocycles. The van der Waals surface area contributed by atoms with E-state index in [1.807, 2.05) is 0 Å². The van der Waals surface area contributed by atoms with Crippen molar-refractivity contribution in [3.05, 3.63) is 35.1 Å². The average molecular weight is 260 g/mol.